The van der Waals surface area contributed by atoms with Gasteiger partial charge in [-0.3, -0.25) is 0 Å². The largest absolute Gasteiger partial charge is 0.456 e. The minimum atomic E-state index is -2.65. The quantitative estimate of drug-likeness (QED) is 0.784. The van der Waals surface area contributed by atoms with E-state index in [9.17, 15) is 13.6 Å². The van der Waals surface area contributed by atoms with Crippen LogP contribution >= 0.6 is 0 Å². The molecule has 2 aromatic carbocycles. The molecule has 0 N–H and O–H groups in total. The average molecular weight is 262 g/mol. The summed E-state index contributed by atoms with van der Waals surface area (Å²) in [6, 6.07) is 16.3. The lowest BCUT2D eigenvalue weighted by Crippen LogP contribution is -2.11. The van der Waals surface area contributed by atoms with Crippen molar-refractivity contribution in [1.82, 2.24) is 0 Å². The minimum absolute atomic E-state index is 0.264. The molecule has 0 aliphatic carbocycles. The highest BCUT2D eigenvalue weighted by Crippen LogP contribution is 2.19. The summed E-state index contributed by atoms with van der Waals surface area (Å²) in [6.07, 6.45) is -2.65. The first-order chi connectivity index (χ1) is 9.16. The van der Waals surface area contributed by atoms with Crippen molar-refractivity contribution in [1.29, 1.82) is 0 Å². The third-order valence-corrected chi connectivity index (χ3v) is 2.57. The van der Waals surface area contributed by atoms with E-state index < -0.39 is 19.0 Å². The van der Waals surface area contributed by atoms with Crippen LogP contribution < -0.4 is 0 Å². The number of carbonyl (C=O) groups is 1. The van der Waals surface area contributed by atoms with Gasteiger partial charge in [-0.05, 0) is 23.3 Å². The predicted molar refractivity (Wildman–Crippen MR) is 68.2 cm³/mol. The Hall–Kier alpha value is -2.23. The molecule has 19 heavy (non-hydrogen) atoms. The second-order valence-corrected chi connectivity index (χ2v) is 3.93. The number of carbonyl (C=O) groups excluding carboxylic acids is 1. The molecule has 0 bridgehead atoms. The van der Waals surface area contributed by atoms with Crippen LogP contribution in [0.3, 0.4) is 0 Å². The summed E-state index contributed by atoms with van der Waals surface area (Å²) >= 11 is 0. The molecular formula is C15H12F2O2. The van der Waals surface area contributed by atoms with E-state index in [1.54, 1.807) is 24.3 Å². The fraction of sp³-hybridized carbons (Fsp3) is 0.133. The van der Waals surface area contributed by atoms with Gasteiger partial charge in [-0.25, -0.2) is 13.6 Å². The maximum absolute atomic E-state index is 11.9. The summed E-state index contributed by atoms with van der Waals surface area (Å²) in [6.45, 7) is -0.876. The maximum Gasteiger partial charge on any atom is 0.338 e. The van der Waals surface area contributed by atoms with Crippen molar-refractivity contribution >= 4 is 5.97 Å². The predicted octanol–water partition coefficient (Wildman–Crippen LogP) is 3.78. The number of rotatable bonds is 4. The van der Waals surface area contributed by atoms with Crippen molar-refractivity contribution in [2.75, 3.05) is 6.61 Å². The molecule has 0 atom stereocenters. The van der Waals surface area contributed by atoms with Crippen LogP contribution in [0.5, 0.6) is 0 Å². The Morgan fingerprint density at radius 1 is 0.947 bits per heavy atom. The minimum Gasteiger partial charge on any atom is -0.456 e. The van der Waals surface area contributed by atoms with Crippen LogP contribution in [0.1, 0.15) is 10.4 Å². The zero-order chi connectivity index (χ0) is 13.7. The van der Waals surface area contributed by atoms with E-state index in [1.165, 1.54) is 0 Å². The lowest BCUT2D eigenvalue weighted by molar-refractivity contribution is 0.0160. The normalized spacial score (nSPS) is 10.5. The van der Waals surface area contributed by atoms with Gasteiger partial charge >= 0.3 is 5.97 Å². The third kappa shape index (κ3) is 3.61. The first-order valence-corrected chi connectivity index (χ1v) is 5.77. The van der Waals surface area contributed by atoms with Gasteiger partial charge in [-0.1, -0.05) is 42.5 Å². The molecule has 0 aliphatic heterocycles. The van der Waals surface area contributed by atoms with Gasteiger partial charge in [0.15, 0.2) is 6.61 Å². The second kappa shape index (κ2) is 6.09. The topological polar surface area (TPSA) is 26.3 Å². The number of hydrogen-bond acceptors (Lipinski definition) is 2. The van der Waals surface area contributed by atoms with E-state index in [0.29, 0.717) is 0 Å². The Labute approximate surface area is 109 Å². The van der Waals surface area contributed by atoms with Crippen LogP contribution in [0.4, 0.5) is 8.78 Å². The number of benzene rings is 2. The van der Waals surface area contributed by atoms with Crippen molar-refractivity contribution in [2.24, 2.45) is 0 Å². The van der Waals surface area contributed by atoms with Crippen LogP contribution in [0.25, 0.3) is 11.1 Å². The Bertz CT molecular complexity index is 536. The molecule has 2 nitrogen and oxygen atoms in total. The van der Waals surface area contributed by atoms with Crippen LogP contribution in [0.15, 0.2) is 54.6 Å². The molecule has 0 aromatic heterocycles. The maximum atomic E-state index is 11.9. The molecule has 4 heteroatoms. The summed E-state index contributed by atoms with van der Waals surface area (Å²) in [5, 5.41) is 0. The molecule has 0 amide bonds. The zero-order valence-electron chi connectivity index (χ0n) is 10.1. The highest BCUT2D eigenvalue weighted by molar-refractivity contribution is 5.90. The van der Waals surface area contributed by atoms with Gasteiger partial charge < -0.3 is 4.74 Å². The van der Waals surface area contributed by atoms with Crippen LogP contribution in [-0.4, -0.2) is 19.0 Å². The highest BCUT2D eigenvalue weighted by Gasteiger charge is 2.10. The molecule has 2 aromatic rings. The lowest BCUT2D eigenvalue weighted by Gasteiger charge is -2.05. The number of halogens is 2. The highest BCUT2D eigenvalue weighted by atomic mass is 19.3. The average Bonchev–Trinajstić information content (AvgIpc) is 2.46. The Morgan fingerprint density at radius 2 is 1.53 bits per heavy atom. The summed E-state index contributed by atoms with van der Waals surface area (Å²) < 4.78 is 28.3. The molecule has 0 radical (unpaired) electrons. The van der Waals surface area contributed by atoms with Gasteiger partial charge in [0.2, 0.25) is 0 Å². The Kier molecular flexibility index (Phi) is 4.23. The summed E-state index contributed by atoms with van der Waals surface area (Å²) in [7, 11) is 0. The van der Waals surface area contributed by atoms with Crippen molar-refractivity contribution in [3.63, 3.8) is 0 Å². The second-order valence-electron chi connectivity index (χ2n) is 3.93. The molecule has 0 saturated heterocycles. The molecule has 98 valence electrons. The zero-order valence-corrected chi connectivity index (χ0v) is 10.1. The standard InChI is InChI=1S/C15H12F2O2/c16-14(17)10-19-15(18)13-8-6-12(7-9-13)11-4-2-1-3-5-11/h1-9,14H,10H2. The van der Waals surface area contributed by atoms with Crippen molar-refractivity contribution in [3.8, 4) is 11.1 Å². The molecule has 0 heterocycles. The van der Waals surface area contributed by atoms with E-state index in [0.717, 1.165) is 11.1 Å². The van der Waals surface area contributed by atoms with Crippen LogP contribution in [0, 0.1) is 0 Å². The summed E-state index contributed by atoms with van der Waals surface area (Å²) in [5.41, 5.74) is 2.24. The first kappa shape index (κ1) is 13.2. The molecular weight excluding hydrogens is 250 g/mol. The van der Waals surface area contributed by atoms with Gasteiger partial charge in [-0.15, -0.1) is 0 Å². The fourth-order valence-corrected chi connectivity index (χ4v) is 1.65. The fourth-order valence-electron chi connectivity index (χ4n) is 1.65. The van der Waals surface area contributed by atoms with Crippen molar-refractivity contribution < 1.29 is 18.3 Å². The van der Waals surface area contributed by atoms with Gasteiger partial charge in [0, 0.05) is 0 Å². The number of esters is 1. The molecule has 2 rings (SSSR count). The lowest BCUT2D eigenvalue weighted by atomic mass is 10.0. The smallest absolute Gasteiger partial charge is 0.338 e. The summed E-state index contributed by atoms with van der Waals surface area (Å²) in [5.74, 6) is -0.736. The van der Waals surface area contributed by atoms with Gasteiger partial charge in [0.05, 0.1) is 5.56 Å². The SMILES string of the molecule is O=C(OCC(F)F)c1ccc(-c2ccccc2)cc1. The Morgan fingerprint density at radius 3 is 2.11 bits per heavy atom. The van der Waals surface area contributed by atoms with Crippen molar-refractivity contribution in [2.45, 2.75) is 6.43 Å². The van der Waals surface area contributed by atoms with E-state index >= 15 is 0 Å². The van der Waals surface area contributed by atoms with E-state index in [4.69, 9.17) is 0 Å². The number of alkyl halides is 2. The number of ether oxygens (including phenoxy) is 1. The van der Waals surface area contributed by atoms with Gasteiger partial charge in [-0.2, -0.15) is 0 Å². The molecule has 0 fully saturated rings. The monoisotopic (exact) mass is 262 g/mol. The molecule has 0 unspecified atom stereocenters. The van der Waals surface area contributed by atoms with E-state index in [-0.39, 0.29) is 5.56 Å². The van der Waals surface area contributed by atoms with Crippen molar-refractivity contribution in [3.05, 3.63) is 60.2 Å². The first-order valence-electron chi connectivity index (χ1n) is 5.77. The number of hydrogen-bond donors (Lipinski definition) is 0. The molecule has 0 aliphatic rings. The third-order valence-electron chi connectivity index (χ3n) is 2.57. The molecule has 0 saturated carbocycles. The van der Waals surface area contributed by atoms with Crippen LogP contribution in [0.2, 0.25) is 0 Å². The summed E-state index contributed by atoms with van der Waals surface area (Å²) in [4.78, 5) is 11.4. The Balaban J connectivity index is 2.08. The van der Waals surface area contributed by atoms with Crippen LogP contribution in [-0.2, 0) is 4.74 Å². The molecule has 0 spiro atoms. The van der Waals surface area contributed by atoms with E-state index in [2.05, 4.69) is 4.74 Å². The van der Waals surface area contributed by atoms with Gasteiger partial charge in [0.25, 0.3) is 6.43 Å². The van der Waals surface area contributed by atoms with E-state index in [1.807, 2.05) is 30.3 Å². The van der Waals surface area contributed by atoms with Gasteiger partial charge in [0.1, 0.15) is 0 Å².